The minimum absolute atomic E-state index is 0.164. The van der Waals surface area contributed by atoms with Crippen LogP contribution in [-0.4, -0.2) is 16.9 Å². The number of hydrogen-bond donors (Lipinski definition) is 1. The molecule has 0 unspecified atom stereocenters. The molecule has 0 heterocycles. The van der Waals surface area contributed by atoms with E-state index in [9.17, 15) is 9.59 Å². The molecule has 2 aromatic carbocycles. The van der Waals surface area contributed by atoms with Crippen LogP contribution in [0.5, 0.6) is 5.75 Å². The zero-order valence-corrected chi connectivity index (χ0v) is 13.8. The molecule has 2 rings (SSSR count). The molecule has 2 aromatic rings. The summed E-state index contributed by atoms with van der Waals surface area (Å²) in [6, 6.07) is 10.9. The number of carboxylic acids is 1. The first-order chi connectivity index (χ1) is 10.4. The zero-order chi connectivity index (χ0) is 16.3. The van der Waals surface area contributed by atoms with Crippen molar-refractivity contribution in [2.24, 2.45) is 0 Å². The molecule has 4 nitrogen and oxygen atoms in total. The number of benzene rings is 2. The van der Waals surface area contributed by atoms with E-state index >= 15 is 0 Å². The van der Waals surface area contributed by atoms with Gasteiger partial charge in [-0.2, -0.15) is 0 Å². The number of ether oxygens (including phenoxy) is 1. The van der Waals surface area contributed by atoms with E-state index in [2.05, 4.69) is 15.9 Å². The number of carbonyl (C=O) groups excluding carboxylic acids is 1. The highest BCUT2D eigenvalue weighted by molar-refractivity contribution is 9.10. The van der Waals surface area contributed by atoms with Gasteiger partial charge in [-0.1, -0.05) is 28.1 Å². The van der Waals surface area contributed by atoms with Gasteiger partial charge in [0.1, 0.15) is 12.4 Å². The Bertz CT molecular complexity index is 714. The lowest BCUT2D eigenvalue weighted by molar-refractivity contribution is -0.131. The summed E-state index contributed by atoms with van der Waals surface area (Å²) in [6.07, 6.45) is 0. The maximum atomic E-state index is 11.5. The van der Waals surface area contributed by atoms with Crippen molar-refractivity contribution < 1.29 is 19.4 Å². The number of carboxylic acid groups (broad SMARTS) is 1. The van der Waals surface area contributed by atoms with Crippen molar-refractivity contribution in [3.05, 3.63) is 63.1 Å². The van der Waals surface area contributed by atoms with Crippen molar-refractivity contribution >= 4 is 27.7 Å². The van der Waals surface area contributed by atoms with Crippen LogP contribution in [0.3, 0.4) is 0 Å². The third-order valence-electron chi connectivity index (χ3n) is 3.19. The molecule has 0 atom stereocenters. The molecule has 22 heavy (non-hydrogen) atoms. The van der Waals surface area contributed by atoms with Gasteiger partial charge in [0.05, 0.1) is 0 Å². The number of hydrogen-bond acceptors (Lipinski definition) is 3. The zero-order valence-electron chi connectivity index (χ0n) is 12.2. The molecule has 0 aromatic heterocycles. The summed E-state index contributed by atoms with van der Waals surface area (Å²) in [5.41, 5.74) is 2.65. The first-order valence-electron chi connectivity index (χ1n) is 6.64. The van der Waals surface area contributed by atoms with Gasteiger partial charge in [-0.25, -0.2) is 4.79 Å². The lowest BCUT2D eigenvalue weighted by atomic mass is 10.0. The van der Waals surface area contributed by atoms with Crippen molar-refractivity contribution in [3.63, 3.8) is 0 Å². The summed E-state index contributed by atoms with van der Waals surface area (Å²) in [6.45, 7) is 3.98. The van der Waals surface area contributed by atoms with Gasteiger partial charge < -0.3 is 9.84 Å². The van der Waals surface area contributed by atoms with E-state index in [4.69, 9.17) is 9.84 Å². The van der Waals surface area contributed by atoms with Gasteiger partial charge in [0.15, 0.2) is 0 Å². The van der Waals surface area contributed by atoms with Gasteiger partial charge in [0.25, 0.3) is 5.78 Å². The van der Waals surface area contributed by atoms with Gasteiger partial charge in [-0.05, 0) is 54.8 Å². The van der Waals surface area contributed by atoms with Crippen LogP contribution in [0.1, 0.15) is 27.0 Å². The van der Waals surface area contributed by atoms with Crippen molar-refractivity contribution in [1.29, 1.82) is 0 Å². The number of rotatable bonds is 5. The fourth-order valence-electron chi connectivity index (χ4n) is 2.21. The van der Waals surface area contributed by atoms with Gasteiger partial charge in [-0.3, -0.25) is 4.79 Å². The molecule has 0 bridgehead atoms. The monoisotopic (exact) mass is 362 g/mol. The van der Waals surface area contributed by atoms with Gasteiger partial charge in [0, 0.05) is 10.0 Å². The third kappa shape index (κ3) is 3.74. The van der Waals surface area contributed by atoms with E-state index in [1.165, 1.54) is 0 Å². The Morgan fingerprint density at radius 2 is 1.77 bits per heavy atom. The van der Waals surface area contributed by atoms with E-state index in [1.807, 2.05) is 24.3 Å². The SMILES string of the molecule is Cc1cc(C(=O)C(=O)O)cc(C)c1OCc1cccc(Br)c1. The largest absolute Gasteiger partial charge is 0.488 e. The third-order valence-corrected chi connectivity index (χ3v) is 3.68. The Hall–Kier alpha value is -2.14. The summed E-state index contributed by atoms with van der Waals surface area (Å²) in [5, 5.41) is 8.78. The van der Waals surface area contributed by atoms with Crippen LogP contribution >= 0.6 is 15.9 Å². The average Bonchev–Trinajstić information content (AvgIpc) is 2.45. The molecule has 114 valence electrons. The molecule has 1 N–H and O–H groups in total. The van der Waals surface area contributed by atoms with Crippen LogP contribution in [0.15, 0.2) is 40.9 Å². The molecule has 0 aliphatic heterocycles. The Morgan fingerprint density at radius 1 is 1.14 bits per heavy atom. The molecule has 0 saturated carbocycles. The molecule has 0 saturated heterocycles. The van der Waals surface area contributed by atoms with Crippen molar-refractivity contribution in [1.82, 2.24) is 0 Å². The number of carbonyl (C=O) groups is 2. The lowest BCUT2D eigenvalue weighted by Crippen LogP contribution is -2.13. The number of halogens is 1. The van der Waals surface area contributed by atoms with E-state index in [1.54, 1.807) is 26.0 Å². The van der Waals surface area contributed by atoms with Crippen LogP contribution in [0.4, 0.5) is 0 Å². The number of ketones is 1. The minimum atomic E-state index is -1.46. The Kier molecular flexibility index (Phi) is 4.98. The second-order valence-electron chi connectivity index (χ2n) is 4.99. The second kappa shape index (κ2) is 6.75. The molecular weight excluding hydrogens is 348 g/mol. The predicted molar refractivity (Wildman–Crippen MR) is 86.4 cm³/mol. The topological polar surface area (TPSA) is 63.6 Å². The summed E-state index contributed by atoms with van der Waals surface area (Å²) >= 11 is 3.41. The number of Topliss-reactive ketones (excluding diaryl/α,β-unsaturated/α-hetero) is 1. The van der Waals surface area contributed by atoms with E-state index < -0.39 is 11.8 Å². The number of aryl methyl sites for hydroxylation is 2. The molecule has 0 fully saturated rings. The quantitative estimate of drug-likeness (QED) is 0.646. The molecule has 0 aliphatic rings. The van der Waals surface area contributed by atoms with Gasteiger partial charge in [-0.15, -0.1) is 0 Å². The molecule has 0 spiro atoms. The predicted octanol–water partition coefficient (Wildman–Crippen LogP) is 3.91. The van der Waals surface area contributed by atoms with E-state index in [0.717, 1.165) is 21.2 Å². The number of aliphatic carboxylic acids is 1. The van der Waals surface area contributed by atoms with Crippen LogP contribution < -0.4 is 4.74 Å². The fraction of sp³-hybridized carbons (Fsp3) is 0.176. The van der Waals surface area contributed by atoms with Crippen LogP contribution in [0.25, 0.3) is 0 Å². The first-order valence-corrected chi connectivity index (χ1v) is 7.44. The van der Waals surface area contributed by atoms with Gasteiger partial charge >= 0.3 is 5.97 Å². The maximum Gasteiger partial charge on any atom is 0.377 e. The smallest absolute Gasteiger partial charge is 0.377 e. The summed E-state index contributed by atoms with van der Waals surface area (Å²) in [7, 11) is 0. The standard InChI is InChI=1S/C17H15BrO4/c1-10-6-13(15(19)17(20)21)7-11(2)16(10)22-9-12-4-3-5-14(18)8-12/h3-8H,9H2,1-2H3,(H,20,21). The Labute approximate surface area is 136 Å². The highest BCUT2D eigenvalue weighted by Gasteiger charge is 2.17. The Balaban J connectivity index is 2.22. The molecule has 0 amide bonds. The molecule has 0 aliphatic carbocycles. The summed E-state index contributed by atoms with van der Waals surface area (Å²) in [5.74, 6) is -1.70. The minimum Gasteiger partial charge on any atom is -0.488 e. The fourth-order valence-corrected chi connectivity index (χ4v) is 2.66. The summed E-state index contributed by atoms with van der Waals surface area (Å²) in [4.78, 5) is 22.3. The normalized spacial score (nSPS) is 10.3. The first kappa shape index (κ1) is 16.2. The van der Waals surface area contributed by atoms with E-state index in [0.29, 0.717) is 12.4 Å². The molecule has 5 heteroatoms. The van der Waals surface area contributed by atoms with Crippen LogP contribution in [0, 0.1) is 13.8 Å². The van der Waals surface area contributed by atoms with Crippen molar-refractivity contribution in [2.75, 3.05) is 0 Å². The molecular formula is C17H15BrO4. The lowest BCUT2D eigenvalue weighted by Gasteiger charge is -2.13. The maximum absolute atomic E-state index is 11.5. The Morgan fingerprint density at radius 3 is 2.32 bits per heavy atom. The highest BCUT2D eigenvalue weighted by atomic mass is 79.9. The van der Waals surface area contributed by atoms with Crippen molar-refractivity contribution in [2.45, 2.75) is 20.5 Å². The summed E-state index contributed by atoms with van der Waals surface area (Å²) < 4.78 is 6.80. The molecule has 0 radical (unpaired) electrons. The van der Waals surface area contributed by atoms with Crippen LogP contribution in [-0.2, 0) is 11.4 Å². The van der Waals surface area contributed by atoms with Crippen LogP contribution in [0.2, 0.25) is 0 Å². The second-order valence-corrected chi connectivity index (χ2v) is 5.91. The average molecular weight is 363 g/mol. The van der Waals surface area contributed by atoms with Crippen molar-refractivity contribution in [3.8, 4) is 5.75 Å². The highest BCUT2D eigenvalue weighted by Crippen LogP contribution is 2.26. The van der Waals surface area contributed by atoms with Gasteiger partial charge in [0.2, 0.25) is 0 Å². The van der Waals surface area contributed by atoms with E-state index in [-0.39, 0.29) is 5.56 Å².